The van der Waals surface area contributed by atoms with E-state index in [1.165, 1.54) is 4.90 Å². The van der Waals surface area contributed by atoms with Gasteiger partial charge < -0.3 is 87.2 Å². The summed E-state index contributed by atoms with van der Waals surface area (Å²) in [6, 6.07) is 0. The van der Waals surface area contributed by atoms with Gasteiger partial charge >= 0.3 is 29.8 Å². The molecule has 8 atom stereocenters. The number of likely N-dealkylation sites (N-methyl/N-ethyl adjacent to an activating group) is 2. The Kier molecular flexibility index (Phi) is 37.4. The Morgan fingerprint density at radius 3 is 0.833 bits per heavy atom. The Morgan fingerprint density at radius 1 is 0.426 bits per heavy atom. The summed E-state index contributed by atoms with van der Waals surface area (Å²) in [4.78, 5) is 57.6. The minimum Gasteiger partial charge on any atom is -0.480 e. The Morgan fingerprint density at radius 2 is 0.630 bits per heavy atom. The van der Waals surface area contributed by atoms with Crippen LogP contribution in [0.4, 0.5) is 0 Å². The van der Waals surface area contributed by atoms with Crippen LogP contribution in [0.1, 0.15) is 0 Å². The SMILES string of the molecule is CNCC(O)C(O)C(O)C(O)CO.CNCC(O)C(O)C(O)C(O)CO.O=C(O)CN(CCN(CC(=O)O)CC(=O)O)CCN(CC(=O)O)CC(=O)O.[Gd]. The fourth-order valence-electron chi connectivity index (χ4n) is 4.01. The number of carboxylic acid groups (broad SMARTS) is 5. The number of nitrogens with one attached hydrogen (secondary N) is 2. The first-order valence-corrected chi connectivity index (χ1v) is 15.8. The van der Waals surface area contributed by atoms with Crippen LogP contribution in [0.2, 0.25) is 0 Å². The maximum absolute atomic E-state index is 11.0. The Balaban J connectivity index is -0.000000387. The summed E-state index contributed by atoms with van der Waals surface area (Å²) in [5, 5.41) is 139. The average molecular weight is 941 g/mol. The third-order valence-corrected chi connectivity index (χ3v) is 6.74. The van der Waals surface area contributed by atoms with Gasteiger partial charge in [0.25, 0.3) is 0 Å². The number of hydrogen-bond acceptors (Lipinski definition) is 20. The van der Waals surface area contributed by atoms with E-state index in [9.17, 15) is 34.2 Å². The molecule has 8 unspecified atom stereocenters. The second-order valence-electron chi connectivity index (χ2n) is 11.4. The first-order chi connectivity index (χ1) is 24.6. The minimum absolute atomic E-state index is 0. The maximum Gasteiger partial charge on any atom is 0.317 e. The van der Waals surface area contributed by atoms with Gasteiger partial charge in [0, 0.05) is 79.2 Å². The topological polar surface area (TPSA) is 423 Å². The van der Waals surface area contributed by atoms with Crippen LogP contribution in [0.5, 0.6) is 0 Å². The van der Waals surface area contributed by atoms with E-state index in [0.29, 0.717) is 0 Å². The van der Waals surface area contributed by atoms with Gasteiger partial charge in [0.15, 0.2) is 0 Å². The molecule has 0 spiro atoms. The van der Waals surface area contributed by atoms with Crippen molar-refractivity contribution in [3.63, 3.8) is 0 Å². The van der Waals surface area contributed by atoms with Crippen LogP contribution < -0.4 is 10.6 Å². The van der Waals surface area contributed by atoms with Crippen LogP contribution in [0.25, 0.3) is 0 Å². The van der Waals surface area contributed by atoms with Crippen molar-refractivity contribution in [3.8, 4) is 0 Å². The number of hydrogen-bond donors (Lipinski definition) is 17. The van der Waals surface area contributed by atoms with Gasteiger partial charge in [-0.25, -0.2) is 0 Å². The van der Waals surface area contributed by atoms with E-state index in [1.807, 2.05) is 0 Å². The fraction of sp³-hybridized carbons (Fsp3) is 0.821. The van der Waals surface area contributed by atoms with Crippen molar-refractivity contribution in [1.29, 1.82) is 0 Å². The molecular weight excluding hydrogens is 884 g/mol. The molecule has 0 amide bonds. The maximum atomic E-state index is 11.0. The molecule has 0 aliphatic rings. The van der Waals surface area contributed by atoms with Crippen LogP contribution in [0.3, 0.4) is 0 Å². The molecule has 0 fully saturated rings. The van der Waals surface area contributed by atoms with Crippen LogP contribution in [-0.2, 0) is 24.0 Å². The molecule has 0 aromatic rings. The first kappa shape index (κ1) is 58.8. The van der Waals surface area contributed by atoms with Crippen LogP contribution >= 0.6 is 0 Å². The predicted molar refractivity (Wildman–Crippen MR) is 178 cm³/mol. The molecule has 54 heavy (non-hydrogen) atoms. The normalized spacial score (nSPS) is 15.5. The van der Waals surface area contributed by atoms with E-state index < -0.39 is 125 Å². The fourth-order valence-corrected chi connectivity index (χ4v) is 4.01. The van der Waals surface area contributed by atoms with Gasteiger partial charge in [0.2, 0.25) is 0 Å². The zero-order valence-corrected chi connectivity index (χ0v) is 32.0. The summed E-state index contributed by atoms with van der Waals surface area (Å²) in [7, 11) is 3.15. The molecule has 25 nitrogen and oxygen atoms in total. The van der Waals surface area contributed by atoms with E-state index in [2.05, 4.69) is 10.6 Å². The quantitative estimate of drug-likeness (QED) is 0.0346. The molecule has 0 rings (SSSR count). The Labute approximate surface area is 342 Å². The Bertz CT molecular complexity index is 937. The average Bonchev–Trinajstić information content (AvgIpc) is 3.06. The number of nitrogens with zero attached hydrogens (tertiary/aromatic N) is 3. The first-order valence-electron chi connectivity index (χ1n) is 15.8. The summed E-state index contributed by atoms with van der Waals surface area (Å²) < 4.78 is 0. The van der Waals surface area contributed by atoms with E-state index in [0.717, 1.165) is 9.80 Å². The summed E-state index contributed by atoms with van der Waals surface area (Å²) in [5.41, 5.74) is 0. The van der Waals surface area contributed by atoms with Crippen molar-refractivity contribution in [3.05, 3.63) is 0 Å². The molecule has 0 aromatic carbocycles. The largest absolute Gasteiger partial charge is 0.480 e. The molecular formula is C28H57GdN5O20. The number of aliphatic hydroxyl groups is 10. The Hall–Kier alpha value is -1.93. The third kappa shape index (κ3) is 31.3. The second kappa shape index (κ2) is 34.3. The van der Waals surface area contributed by atoms with Crippen molar-refractivity contribution in [2.45, 2.75) is 48.8 Å². The monoisotopic (exact) mass is 941 g/mol. The molecule has 0 aliphatic carbocycles. The van der Waals surface area contributed by atoms with E-state index in [1.54, 1.807) is 14.1 Å². The number of carbonyl (C=O) groups is 5. The van der Waals surface area contributed by atoms with Gasteiger partial charge in [-0.2, -0.15) is 0 Å². The van der Waals surface area contributed by atoms with Crippen LogP contribution in [0, 0.1) is 39.9 Å². The molecule has 0 bridgehead atoms. The predicted octanol–water partition coefficient (Wildman–Crippen LogP) is -9.40. The zero-order chi connectivity index (χ0) is 41.8. The van der Waals surface area contributed by atoms with Gasteiger partial charge in [-0.05, 0) is 14.1 Å². The molecule has 26 heteroatoms. The standard InChI is InChI=1S/C14H23N3O10.2C7H17NO5.Gd/c18-10(19)5-15(1-3-16(6-11(20)21)7-12(22)23)2-4-17(8-13(24)25)9-14(26)27;2*1-8-2-4(10)6(12)7(13)5(11)3-9;/h1-9H2,(H,18,19)(H,20,21)(H,22,23)(H,24,25)(H,26,27);2*4-13H,2-3H2,1H3;. The number of aliphatic carboxylic acids is 5. The van der Waals surface area contributed by atoms with Crippen molar-refractivity contribution in [1.82, 2.24) is 25.3 Å². The molecule has 17 N–H and O–H groups in total. The van der Waals surface area contributed by atoms with Gasteiger partial charge in [-0.3, -0.25) is 38.7 Å². The summed E-state index contributed by atoms with van der Waals surface area (Å²) in [5.74, 6) is -6.16. The van der Waals surface area contributed by atoms with Crippen molar-refractivity contribution < 1.29 is 141 Å². The smallest absolute Gasteiger partial charge is 0.317 e. The van der Waals surface area contributed by atoms with Gasteiger partial charge in [0.1, 0.15) is 36.6 Å². The minimum atomic E-state index is -1.55. The number of rotatable bonds is 28. The number of carboxylic acids is 5. The molecule has 0 saturated heterocycles. The van der Waals surface area contributed by atoms with E-state index in [-0.39, 0.29) is 79.2 Å². The van der Waals surface area contributed by atoms with Gasteiger partial charge in [-0.1, -0.05) is 0 Å². The summed E-state index contributed by atoms with van der Waals surface area (Å²) >= 11 is 0. The third-order valence-electron chi connectivity index (χ3n) is 6.74. The molecule has 0 saturated carbocycles. The number of aliphatic hydroxyl groups excluding tert-OH is 10. The zero-order valence-electron chi connectivity index (χ0n) is 29.8. The van der Waals surface area contributed by atoms with Gasteiger partial charge in [0.05, 0.1) is 58.1 Å². The molecule has 0 aliphatic heterocycles. The van der Waals surface area contributed by atoms with Crippen molar-refractivity contribution in [2.75, 3.05) is 99.3 Å². The van der Waals surface area contributed by atoms with Gasteiger partial charge in [-0.15, -0.1) is 0 Å². The van der Waals surface area contributed by atoms with Crippen molar-refractivity contribution in [2.24, 2.45) is 0 Å². The van der Waals surface area contributed by atoms with E-state index >= 15 is 0 Å². The molecule has 0 aromatic heterocycles. The molecule has 0 radical (unpaired) electrons. The summed E-state index contributed by atoms with van der Waals surface area (Å²) in [6.45, 7) is -3.87. The second-order valence-corrected chi connectivity index (χ2v) is 11.4. The molecule has 322 valence electrons. The van der Waals surface area contributed by atoms with Crippen LogP contribution in [-0.4, -0.2) is 269 Å². The van der Waals surface area contributed by atoms with Crippen LogP contribution in [0.15, 0.2) is 0 Å². The van der Waals surface area contributed by atoms with Crippen molar-refractivity contribution >= 4 is 29.8 Å². The van der Waals surface area contributed by atoms with E-state index in [4.69, 9.17) is 66.4 Å². The summed E-state index contributed by atoms with van der Waals surface area (Å²) in [6.07, 6.45) is -11.3. The molecule has 0 heterocycles.